The molecule has 1 amide bonds. The number of carboxylic acids is 1. The van der Waals surface area contributed by atoms with Gasteiger partial charge >= 0.3 is 11.9 Å². The van der Waals surface area contributed by atoms with E-state index in [9.17, 15) is 14.4 Å². The fourth-order valence-electron chi connectivity index (χ4n) is 2.35. The van der Waals surface area contributed by atoms with E-state index in [0.717, 1.165) is 0 Å². The van der Waals surface area contributed by atoms with Crippen molar-refractivity contribution in [2.24, 2.45) is 7.05 Å². The molecule has 108 valence electrons. The molecule has 1 aromatic heterocycles. The summed E-state index contributed by atoms with van der Waals surface area (Å²) >= 11 is 0. The summed E-state index contributed by atoms with van der Waals surface area (Å²) in [6.07, 6.45) is 2.54. The monoisotopic (exact) mass is 281 g/mol. The van der Waals surface area contributed by atoms with Crippen LogP contribution in [0.1, 0.15) is 33.7 Å². The number of esters is 1. The van der Waals surface area contributed by atoms with Gasteiger partial charge in [-0.15, -0.1) is 0 Å². The third kappa shape index (κ3) is 2.36. The molecule has 1 saturated heterocycles. The van der Waals surface area contributed by atoms with Crippen LogP contribution in [-0.4, -0.2) is 57.3 Å². The number of carbonyl (C=O) groups excluding carboxylic acids is 2. The fourth-order valence-corrected chi connectivity index (χ4v) is 2.35. The molecule has 1 aromatic rings. The van der Waals surface area contributed by atoms with Crippen LogP contribution in [0.4, 0.5) is 0 Å². The third-order valence-corrected chi connectivity index (χ3v) is 3.25. The summed E-state index contributed by atoms with van der Waals surface area (Å²) < 4.78 is 5.93. The molecule has 2 heterocycles. The summed E-state index contributed by atoms with van der Waals surface area (Å²) in [6, 6.07) is -0.658. The Morgan fingerprint density at radius 3 is 2.75 bits per heavy atom. The lowest BCUT2D eigenvalue weighted by Crippen LogP contribution is -2.41. The number of methoxy groups -OCH3 is 1. The van der Waals surface area contributed by atoms with Gasteiger partial charge in [0.15, 0.2) is 5.69 Å². The normalized spacial score (nSPS) is 18.1. The van der Waals surface area contributed by atoms with Gasteiger partial charge in [0.2, 0.25) is 0 Å². The summed E-state index contributed by atoms with van der Waals surface area (Å²) in [5, 5.41) is 12.8. The van der Waals surface area contributed by atoms with Gasteiger partial charge in [0.25, 0.3) is 5.91 Å². The fraction of sp³-hybridized carbons (Fsp3) is 0.500. The van der Waals surface area contributed by atoms with E-state index in [1.165, 1.54) is 29.9 Å². The molecule has 0 spiro atoms. The maximum absolute atomic E-state index is 12.4. The van der Waals surface area contributed by atoms with Gasteiger partial charge in [-0.05, 0) is 12.8 Å². The van der Waals surface area contributed by atoms with Crippen LogP contribution < -0.4 is 0 Å². The molecule has 1 unspecified atom stereocenters. The maximum Gasteiger partial charge on any atom is 0.357 e. The van der Waals surface area contributed by atoms with E-state index in [1.807, 2.05) is 0 Å². The smallest absolute Gasteiger partial charge is 0.357 e. The Morgan fingerprint density at radius 2 is 2.15 bits per heavy atom. The van der Waals surface area contributed by atoms with Crippen LogP contribution in [0.2, 0.25) is 0 Å². The lowest BCUT2D eigenvalue weighted by molar-refractivity contribution is -0.145. The first-order chi connectivity index (χ1) is 9.45. The minimum atomic E-state index is -1.28. The molecule has 8 nitrogen and oxygen atoms in total. The molecular weight excluding hydrogens is 266 g/mol. The van der Waals surface area contributed by atoms with Crippen molar-refractivity contribution in [3.8, 4) is 0 Å². The topological polar surface area (TPSA) is 102 Å². The van der Waals surface area contributed by atoms with Crippen molar-refractivity contribution in [1.82, 2.24) is 14.7 Å². The third-order valence-electron chi connectivity index (χ3n) is 3.25. The number of aromatic nitrogens is 2. The molecule has 1 fully saturated rings. The standard InChI is InChI=1S/C12H15N3O5/c1-14-6-7(9(13-14)11(17)18)10(16)15-5-3-4-8(15)12(19)20-2/h6,8H,3-5H2,1-2H3,(H,17,18). The van der Waals surface area contributed by atoms with Gasteiger partial charge < -0.3 is 14.7 Å². The minimum absolute atomic E-state index is 0.0178. The first-order valence-electron chi connectivity index (χ1n) is 6.11. The number of aryl methyl sites for hydroxylation is 1. The Morgan fingerprint density at radius 1 is 1.45 bits per heavy atom. The Labute approximate surface area is 114 Å². The van der Waals surface area contributed by atoms with Crippen LogP contribution in [-0.2, 0) is 16.6 Å². The van der Waals surface area contributed by atoms with Gasteiger partial charge in [0.1, 0.15) is 6.04 Å². The second-order valence-electron chi connectivity index (χ2n) is 4.55. The Kier molecular flexibility index (Phi) is 3.73. The largest absolute Gasteiger partial charge is 0.476 e. The van der Waals surface area contributed by atoms with Crippen LogP contribution in [0, 0.1) is 0 Å². The number of likely N-dealkylation sites (tertiary alicyclic amines) is 1. The molecule has 0 aliphatic carbocycles. The maximum atomic E-state index is 12.4. The molecular formula is C12H15N3O5. The summed E-state index contributed by atoms with van der Waals surface area (Å²) in [6.45, 7) is 0.395. The Hall–Kier alpha value is -2.38. The van der Waals surface area contributed by atoms with Crippen molar-refractivity contribution in [1.29, 1.82) is 0 Å². The molecule has 1 atom stereocenters. The molecule has 8 heteroatoms. The highest BCUT2D eigenvalue weighted by atomic mass is 16.5. The summed E-state index contributed by atoms with van der Waals surface area (Å²) in [5.74, 6) is -2.28. The SMILES string of the molecule is COC(=O)C1CCCN1C(=O)c1cn(C)nc1C(=O)O. The molecule has 1 aliphatic heterocycles. The predicted molar refractivity (Wildman–Crippen MR) is 66.2 cm³/mol. The number of amides is 1. The molecule has 0 bridgehead atoms. The summed E-state index contributed by atoms with van der Waals surface area (Å²) in [4.78, 5) is 36.5. The molecule has 2 rings (SSSR count). The highest BCUT2D eigenvalue weighted by Crippen LogP contribution is 2.22. The molecule has 0 saturated carbocycles. The van der Waals surface area contributed by atoms with Gasteiger partial charge in [-0.2, -0.15) is 5.10 Å². The van der Waals surface area contributed by atoms with Crippen molar-refractivity contribution >= 4 is 17.8 Å². The van der Waals surface area contributed by atoms with Crippen molar-refractivity contribution in [2.75, 3.05) is 13.7 Å². The van der Waals surface area contributed by atoms with E-state index in [1.54, 1.807) is 0 Å². The zero-order valence-corrected chi connectivity index (χ0v) is 11.2. The van der Waals surface area contributed by atoms with Crippen molar-refractivity contribution in [3.63, 3.8) is 0 Å². The van der Waals surface area contributed by atoms with Gasteiger partial charge in [0, 0.05) is 19.8 Å². The van der Waals surface area contributed by atoms with Gasteiger partial charge in [-0.25, -0.2) is 9.59 Å². The number of nitrogens with zero attached hydrogens (tertiary/aromatic N) is 3. The highest BCUT2D eigenvalue weighted by molar-refractivity contribution is 6.04. The first-order valence-corrected chi connectivity index (χ1v) is 6.11. The zero-order valence-electron chi connectivity index (χ0n) is 11.2. The van der Waals surface area contributed by atoms with Gasteiger partial charge in [-0.3, -0.25) is 9.48 Å². The molecule has 1 aliphatic rings. The Balaban J connectivity index is 2.31. The second kappa shape index (κ2) is 5.32. The average Bonchev–Trinajstić information content (AvgIpc) is 3.03. The molecule has 0 radical (unpaired) electrons. The van der Waals surface area contributed by atoms with E-state index < -0.39 is 23.9 Å². The first kappa shape index (κ1) is 14.0. The highest BCUT2D eigenvalue weighted by Gasteiger charge is 2.37. The van der Waals surface area contributed by atoms with Crippen molar-refractivity contribution in [3.05, 3.63) is 17.5 Å². The Bertz CT molecular complexity index is 565. The lowest BCUT2D eigenvalue weighted by atomic mass is 10.2. The number of ether oxygens (including phenoxy) is 1. The van der Waals surface area contributed by atoms with E-state index in [-0.39, 0.29) is 11.3 Å². The van der Waals surface area contributed by atoms with E-state index >= 15 is 0 Å². The number of hydrogen-bond donors (Lipinski definition) is 1. The lowest BCUT2D eigenvalue weighted by Gasteiger charge is -2.22. The quantitative estimate of drug-likeness (QED) is 0.776. The molecule has 20 heavy (non-hydrogen) atoms. The molecule has 1 N–H and O–H groups in total. The minimum Gasteiger partial charge on any atom is -0.476 e. The van der Waals surface area contributed by atoms with E-state index in [4.69, 9.17) is 5.11 Å². The van der Waals surface area contributed by atoms with Crippen LogP contribution in [0.5, 0.6) is 0 Å². The predicted octanol–water partition coefficient (Wildman–Crippen LogP) is -0.104. The number of carbonyl (C=O) groups is 3. The zero-order chi connectivity index (χ0) is 14.9. The van der Waals surface area contributed by atoms with Crippen LogP contribution in [0.25, 0.3) is 0 Å². The number of carboxylic acid groups (broad SMARTS) is 1. The van der Waals surface area contributed by atoms with Crippen molar-refractivity contribution in [2.45, 2.75) is 18.9 Å². The average molecular weight is 281 g/mol. The van der Waals surface area contributed by atoms with Crippen LogP contribution in [0.15, 0.2) is 6.20 Å². The molecule has 0 aromatic carbocycles. The number of hydrogen-bond acceptors (Lipinski definition) is 5. The number of aromatic carboxylic acids is 1. The number of rotatable bonds is 3. The van der Waals surface area contributed by atoms with Crippen LogP contribution >= 0.6 is 0 Å². The second-order valence-corrected chi connectivity index (χ2v) is 4.55. The van der Waals surface area contributed by atoms with Crippen molar-refractivity contribution < 1.29 is 24.2 Å². The summed E-state index contributed by atoms with van der Waals surface area (Å²) in [5.41, 5.74) is -0.330. The van der Waals surface area contributed by atoms with Crippen LogP contribution in [0.3, 0.4) is 0 Å². The summed E-state index contributed by atoms with van der Waals surface area (Å²) in [7, 11) is 2.79. The van der Waals surface area contributed by atoms with E-state index in [2.05, 4.69) is 9.84 Å². The van der Waals surface area contributed by atoms with E-state index in [0.29, 0.717) is 19.4 Å². The van der Waals surface area contributed by atoms with Gasteiger partial charge in [0.05, 0.1) is 12.7 Å². The van der Waals surface area contributed by atoms with Gasteiger partial charge in [-0.1, -0.05) is 0 Å².